The van der Waals surface area contributed by atoms with Crippen LogP contribution in [0.5, 0.6) is 0 Å². The zero-order chi connectivity index (χ0) is 22.8. The number of nitrogens with one attached hydrogen (secondary N) is 3. The number of carbonyl (C=O) groups excluding carboxylic acids is 3. The molecule has 0 aliphatic carbocycles. The number of primary amides is 1. The number of anilines is 3. The second kappa shape index (κ2) is 8.23. The standard InChI is InChI=1S/C23H18N4O5/c1-12(28)25-14-3-2-4-15(10-14)26-23(31)27-16-6-8-20-19(11-16)18-9-13(21(24)29)5-7-17(18)22(30)32-20/h2-11H,1H3,(H2,24,29)(H,25,28)(H2,26,27,31). The molecule has 4 amide bonds. The zero-order valence-corrected chi connectivity index (χ0v) is 16.9. The average Bonchev–Trinajstić information content (AvgIpc) is 2.73. The highest BCUT2D eigenvalue weighted by atomic mass is 16.4. The number of amides is 4. The molecule has 0 saturated heterocycles. The Hall–Kier alpha value is -4.66. The van der Waals surface area contributed by atoms with Gasteiger partial charge in [-0.25, -0.2) is 9.59 Å². The van der Waals surface area contributed by atoms with Gasteiger partial charge in [0.05, 0.1) is 5.39 Å². The molecule has 0 unspecified atom stereocenters. The molecular weight excluding hydrogens is 412 g/mol. The van der Waals surface area contributed by atoms with Gasteiger partial charge in [-0.15, -0.1) is 0 Å². The van der Waals surface area contributed by atoms with Crippen molar-refractivity contribution in [2.75, 3.05) is 16.0 Å². The molecule has 160 valence electrons. The Bertz CT molecular complexity index is 1460. The highest BCUT2D eigenvalue weighted by Gasteiger charge is 2.12. The molecule has 0 aliphatic heterocycles. The van der Waals surface area contributed by atoms with Gasteiger partial charge in [-0.3, -0.25) is 9.59 Å². The van der Waals surface area contributed by atoms with E-state index in [4.69, 9.17) is 10.2 Å². The molecule has 5 N–H and O–H groups in total. The SMILES string of the molecule is CC(=O)Nc1cccc(NC(=O)Nc2ccc3oc(=O)c4ccc(C(N)=O)cc4c3c2)c1. The van der Waals surface area contributed by atoms with Crippen LogP contribution in [0.15, 0.2) is 69.9 Å². The summed E-state index contributed by atoms with van der Waals surface area (Å²) in [6, 6.07) is 15.4. The minimum atomic E-state index is -0.622. The molecule has 9 heteroatoms. The van der Waals surface area contributed by atoms with Crippen molar-refractivity contribution in [2.45, 2.75) is 6.92 Å². The van der Waals surface area contributed by atoms with Crippen LogP contribution in [0.1, 0.15) is 17.3 Å². The molecule has 0 radical (unpaired) electrons. The maximum Gasteiger partial charge on any atom is 0.344 e. The molecule has 0 aliphatic rings. The highest BCUT2D eigenvalue weighted by molar-refractivity contribution is 6.09. The van der Waals surface area contributed by atoms with Crippen LogP contribution in [-0.2, 0) is 4.79 Å². The second-order valence-corrected chi connectivity index (χ2v) is 7.07. The summed E-state index contributed by atoms with van der Waals surface area (Å²) < 4.78 is 5.34. The van der Waals surface area contributed by atoms with Gasteiger partial charge in [0.15, 0.2) is 0 Å². The minimum Gasteiger partial charge on any atom is -0.422 e. The predicted molar refractivity (Wildman–Crippen MR) is 122 cm³/mol. The fraction of sp³-hybridized carbons (Fsp3) is 0.0435. The molecule has 0 atom stereocenters. The number of carbonyl (C=O) groups is 3. The molecular formula is C23H18N4O5. The van der Waals surface area contributed by atoms with E-state index >= 15 is 0 Å². The van der Waals surface area contributed by atoms with Crippen molar-refractivity contribution in [3.63, 3.8) is 0 Å². The first-order valence-electron chi connectivity index (χ1n) is 9.56. The van der Waals surface area contributed by atoms with Crippen molar-refractivity contribution in [1.82, 2.24) is 0 Å². The van der Waals surface area contributed by atoms with Crippen LogP contribution in [0.2, 0.25) is 0 Å². The first kappa shape index (κ1) is 20.6. The summed E-state index contributed by atoms with van der Waals surface area (Å²) in [5, 5.41) is 9.35. The molecule has 4 aromatic rings. The Morgan fingerprint density at radius 2 is 1.47 bits per heavy atom. The van der Waals surface area contributed by atoms with Gasteiger partial charge in [0.2, 0.25) is 11.8 Å². The van der Waals surface area contributed by atoms with Crippen molar-refractivity contribution in [3.8, 4) is 0 Å². The van der Waals surface area contributed by atoms with Crippen molar-refractivity contribution < 1.29 is 18.8 Å². The van der Waals surface area contributed by atoms with Crippen LogP contribution in [0.25, 0.3) is 21.7 Å². The molecule has 0 fully saturated rings. The van der Waals surface area contributed by atoms with E-state index in [0.717, 1.165) is 0 Å². The zero-order valence-electron chi connectivity index (χ0n) is 16.9. The Morgan fingerprint density at radius 3 is 2.16 bits per heavy atom. The van der Waals surface area contributed by atoms with E-state index < -0.39 is 17.6 Å². The van der Waals surface area contributed by atoms with E-state index in [1.807, 2.05) is 0 Å². The van der Waals surface area contributed by atoms with Gasteiger partial charge >= 0.3 is 11.7 Å². The Balaban J connectivity index is 1.64. The van der Waals surface area contributed by atoms with E-state index in [2.05, 4.69) is 16.0 Å². The summed E-state index contributed by atoms with van der Waals surface area (Å²) >= 11 is 0. The summed E-state index contributed by atoms with van der Waals surface area (Å²) in [6.45, 7) is 1.39. The topological polar surface area (TPSA) is 144 Å². The number of benzene rings is 3. The summed E-state index contributed by atoms with van der Waals surface area (Å²) in [5.41, 5.74) is 6.85. The Labute approximate surface area is 181 Å². The number of hydrogen-bond donors (Lipinski definition) is 4. The van der Waals surface area contributed by atoms with Gasteiger partial charge in [0.1, 0.15) is 5.58 Å². The fourth-order valence-corrected chi connectivity index (χ4v) is 3.33. The summed E-state index contributed by atoms with van der Waals surface area (Å²) in [5.74, 6) is -0.843. The van der Waals surface area contributed by atoms with Crippen molar-refractivity contribution in [1.29, 1.82) is 0 Å². The Kier molecular flexibility index (Phi) is 5.30. The monoisotopic (exact) mass is 430 g/mol. The molecule has 4 rings (SSSR count). The van der Waals surface area contributed by atoms with Gasteiger partial charge in [-0.2, -0.15) is 0 Å². The predicted octanol–water partition coefficient (Wildman–Crippen LogP) is 3.65. The first-order valence-corrected chi connectivity index (χ1v) is 9.56. The maximum absolute atomic E-state index is 12.5. The Morgan fingerprint density at radius 1 is 0.781 bits per heavy atom. The number of hydrogen-bond acceptors (Lipinski definition) is 5. The second-order valence-electron chi connectivity index (χ2n) is 7.07. The largest absolute Gasteiger partial charge is 0.422 e. The number of rotatable bonds is 4. The van der Waals surface area contributed by atoms with Crippen molar-refractivity contribution >= 4 is 56.6 Å². The van der Waals surface area contributed by atoms with Gasteiger partial charge in [-0.05, 0) is 54.6 Å². The van der Waals surface area contributed by atoms with E-state index in [1.54, 1.807) is 42.5 Å². The van der Waals surface area contributed by atoms with E-state index in [-0.39, 0.29) is 11.5 Å². The third-order valence-corrected chi connectivity index (χ3v) is 4.70. The third kappa shape index (κ3) is 4.26. The van der Waals surface area contributed by atoms with Gasteiger partial charge in [0, 0.05) is 40.3 Å². The lowest BCUT2D eigenvalue weighted by Crippen LogP contribution is -2.19. The quantitative estimate of drug-likeness (QED) is 0.289. The minimum absolute atomic E-state index is 0.221. The normalized spacial score (nSPS) is 10.7. The number of nitrogens with two attached hydrogens (primary N) is 1. The van der Waals surface area contributed by atoms with Crippen LogP contribution in [0, 0.1) is 0 Å². The van der Waals surface area contributed by atoms with Crippen LogP contribution in [0.4, 0.5) is 21.9 Å². The van der Waals surface area contributed by atoms with Gasteiger partial charge < -0.3 is 26.1 Å². The lowest BCUT2D eigenvalue weighted by atomic mass is 10.0. The molecule has 3 aromatic carbocycles. The lowest BCUT2D eigenvalue weighted by molar-refractivity contribution is -0.114. The van der Waals surface area contributed by atoms with Crippen molar-refractivity contribution in [2.24, 2.45) is 5.73 Å². The molecule has 0 spiro atoms. The molecule has 0 bridgehead atoms. The third-order valence-electron chi connectivity index (χ3n) is 4.70. The number of fused-ring (bicyclic) bond motifs is 3. The van der Waals surface area contributed by atoms with E-state index in [9.17, 15) is 19.2 Å². The van der Waals surface area contributed by atoms with Crippen LogP contribution >= 0.6 is 0 Å². The molecule has 1 aromatic heterocycles. The molecule has 32 heavy (non-hydrogen) atoms. The first-order chi connectivity index (χ1) is 15.3. The molecule has 9 nitrogen and oxygen atoms in total. The summed E-state index contributed by atoms with van der Waals surface area (Å²) in [4.78, 5) is 47.5. The maximum atomic E-state index is 12.5. The summed E-state index contributed by atoms with van der Waals surface area (Å²) in [7, 11) is 0. The van der Waals surface area contributed by atoms with Crippen molar-refractivity contribution in [3.05, 3.63) is 76.6 Å². The van der Waals surface area contributed by atoms with E-state index in [0.29, 0.717) is 38.8 Å². The van der Waals surface area contributed by atoms with Crippen LogP contribution in [-0.4, -0.2) is 17.8 Å². The molecule has 0 saturated carbocycles. The average molecular weight is 430 g/mol. The summed E-state index contributed by atoms with van der Waals surface area (Å²) in [6.07, 6.45) is 0. The fourth-order valence-electron chi connectivity index (χ4n) is 3.33. The highest BCUT2D eigenvalue weighted by Crippen LogP contribution is 2.27. The lowest BCUT2D eigenvalue weighted by Gasteiger charge is -2.10. The van der Waals surface area contributed by atoms with Crippen LogP contribution in [0.3, 0.4) is 0 Å². The van der Waals surface area contributed by atoms with Crippen LogP contribution < -0.4 is 27.3 Å². The molecule has 1 heterocycles. The van der Waals surface area contributed by atoms with Gasteiger partial charge in [-0.1, -0.05) is 6.07 Å². The van der Waals surface area contributed by atoms with Gasteiger partial charge in [0.25, 0.3) is 0 Å². The smallest absolute Gasteiger partial charge is 0.344 e. The number of urea groups is 1. The van der Waals surface area contributed by atoms with E-state index in [1.165, 1.54) is 25.1 Å².